The second-order valence-electron chi connectivity index (χ2n) is 9.09. The van der Waals surface area contributed by atoms with Crippen molar-refractivity contribution in [3.63, 3.8) is 0 Å². The van der Waals surface area contributed by atoms with E-state index in [4.69, 9.17) is 9.15 Å². The van der Waals surface area contributed by atoms with Crippen LogP contribution in [0.3, 0.4) is 0 Å². The number of aromatic nitrogens is 2. The molecule has 3 aliphatic carbocycles. The average Bonchev–Trinajstić information content (AvgIpc) is 3.11. The molecule has 1 N–H and O–H groups in total. The molecule has 186 valence electrons. The van der Waals surface area contributed by atoms with Crippen LogP contribution in [0.5, 0.6) is 0 Å². The van der Waals surface area contributed by atoms with Crippen LogP contribution < -0.4 is 5.32 Å². The highest BCUT2D eigenvalue weighted by molar-refractivity contribution is 5.77. The SMILES string of the molecule is O=C(COC1CC(C(F)(F)F)C1)NC1CCC(c2nnc([C@H]3C[C@@H](OC(F)(F)F)C3)o2)CC1. The Kier molecular flexibility index (Phi) is 6.90. The molecule has 3 aliphatic rings. The minimum atomic E-state index is -4.65. The number of halogens is 6. The van der Waals surface area contributed by atoms with Crippen molar-refractivity contribution in [2.75, 3.05) is 6.61 Å². The van der Waals surface area contributed by atoms with Crippen LogP contribution in [0.1, 0.15) is 75.0 Å². The fraction of sp³-hybridized carbons (Fsp3) is 0.850. The Bertz CT molecular complexity index is 809. The quantitative estimate of drug-likeness (QED) is 0.578. The van der Waals surface area contributed by atoms with Crippen molar-refractivity contribution in [3.05, 3.63) is 11.8 Å². The predicted molar refractivity (Wildman–Crippen MR) is 98.9 cm³/mol. The van der Waals surface area contributed by atoms with Crippen LogP contribution >= 0.6 is 0 Å². The molecule has 0 aliphatic heterocycles. The van der Waals surface area contributed by atoms with Crippen LogP contribution in [-0.4, -0.2) is 53.5 Å². The lowest BCUT2D eigenvalue weighted by Gasteiger charge is -2.36. The number of hydrogen-bond donors (Lipinski definition) is 1. The number of alkyl halides is 6. The number of nitrogens with one attached hydrogen (secondary N) is 1. The minimum Gasteiger partial charge on any atom is -0.425 e. The third-order valence-corrected chi connectivity index (χ3v) is 6.65. The Hall–Kier alpha value is -1.89. The molecular weight excluding hydrogens is 460 g/mol. The van der Waals surface area contributed by atoms with Crippen LogP contribution in [0, 0.1) is 5.92 Å². The Morgan fingerprint density at radius 3 is 2.09 bits per heavy atom. The van der Waals surface area contributed by atoms with E-state index in [9.17, 15) is 31.1 Å². The van der Waals surface area contributed by atoms with Gasteiger partial charge in [0.2, 0.25) is 17.7 Å². The summed E-state index contributed by atoms with van der Waals surface area (Å²) in [6, 6.07) is -0.0732. The molecule has 0 unspecified atom stereocenters. The zero-order chi connectivity index (χ0) is 23.8. The van der Waals surface area contributed by atoms with E-state index >= 15 is 0 Å². The van der Waals surface area contributed by atoms with Gasteiger partial charge in [-0.05, 0) is 51.4 Å². The Morgan fingerprint density at radius 1 is 0.909 bits per heavy atom. The lowest BCUT2D eigenvalue weighted by molar-refractivity contribution is -0.352. The topological polar surface area (TPSA) is 86.5 Å². The number of hydrogen-bond acceptors (Lipinski definition) is 6. The van der Waals surface area contributed by atoms with Crippen LogP contribution in [0.25, 0.3) is 0 Å². The van der Waals surface area contributed by atoms with E-state index in [0.29, 0.717) is 37.5 Å². The summed E-state index contributed by atoms with van der Waals surface area (Å²) in [7, 11) is 0. The molecule has 1 amide bonds. The lowest BCUT2D eigenvalue weighted by atomic mass is 9.82. The van der Waals surface area contributed by atoms with E-state index in [1.54, 1.807) is 0 Å². The highest BCUT2D eigenvalue weighted by atomic mass is 19.4. The van der Waals surface area contributed by atoms with Gasteiger partial charge in [0.05, 0.1) is 18.1 Å². The Morgan fingerprint density at radius 2 is 1.52 bits per heavy atom. The fourth-order valence-electron chi connectivity index (χ4n) is 4.55. The second-order valence-corrected chi connectivity index (χ2v) is 9.09. The highest BCUT2D eigenvalue weighted by Crippen LogP contribution is 2.43. The fourth-order valence-corrected chi connectivity index (χ4v) is 4.55. The number of nitrogens with zero attached hydrogens (tertiary/aromatic N) is 2. The second kappa shape index (κ2) is 9.40. The zero-order valence-corrected chi connectivity index (χ0v) is 17.6. The monoisotopic (exact) mass is 485 g/mol. The van der Waals surface area contributed by atoms with Gasteiger partial charge >= 0.3 is 12.5 Å². The van der Waals surface area contributed by atoms with Crippen molar-refractivity contribution >= 4 is 5.91 Å². The first-order chi connectivity index (χ1) is 15.5. The first-order valence-corrected chi connectivity index (χ1v) is 11.0. The molecular formula is C20H25F6N3O4. The minimum absolute atomic E-state index is 0.00669. The summed E-state index contributed by atoms with van der Waals surface area (Å²) >= 11 is 0. The van der Waals surface area contributed by atoms with E-state index in [0.717, 1.165) is 0 Å². The molecule has 1 aromatic heterocycles. The maximum Gasteiger partial charge on any atom is 0.522 e. The van der Waals surface area contributed by atoms with E-state index < -0.39 is 30.7 Å². The number of amides is 1. The first-order valence-electron chi connectivity index (χ1n) is 11.0. The van der Waals surface area contributed by atoms with Crippen LogP contribution in [0.2, 0.25) is 0 Å². The summed E-state index contributed by atoms with van der Waals surface area (Å²) in [4.78, 5) is 12.0. The molecule has 1 aromatic rings. The van der Waals surface area contributed by atoms with Crippen molar-refractivity contribution in [1.29, 1.82) is 0 Å². The summed E-state index contributed by atoms with van der Waals surface area (Å²) < 4.78 is 89.0. The number of carbonyl (C=O) groups excluding carboxylic acids is 1. The molecule has 0 aromatic carbocycles. The summed E-state index contributed by atoms with van der Waals surface area (Å²) in [6.45, 7) is -0.261. The molecule has 4 rings (SSSR count). The normalized spacial score (nSPS) is 32.7. The molecule has 3 fully saturated rings. The third kappa shape index (κ3) is 6.37. The average molecular weight is 485 g/mol. The molecule has 3 saturated carbocycles. The van der Waals surface area contributed by atoms with E-state index in [1.807, 2.05) is 0 Å². The van der Waals surface area contributed by atoms with Crippen molar-refractivity contribution in [1.82, 2.24) is 15.5 Å². The number of carbonyl (C=O) groups is 1. The van der Waals surface area contributed by atoms with Gasteiger partial charge in [0.1, 0.15) is 6.61 Å². The molecule has 0 bridgehead atoms. The van der Waals surface area contributed by atoms with Crippen LogP contribution in [-0.2, 0) is 14.3 Å². The maximum atomic E-state index is 12.5. The van der Waals surface area contributed by atoms with Gasteiger partial charge in [0.15, 0.2) is 0 Å². The van der Waals surface area contributed by atoms with Gasteiger partial charge in [0, 0.05) is 17.9 Å². The standard InChI is InChI=1S/C20H25F6N3O4/c21-19(22,23)12-7-14(8-12)31-9-16(30)27-13-3-1-10(2-4-13)17-28-29-18(32-17)11-5-15(6-11)33-20(24,25)26/h10-15H,1-9H2,(H,27,30)/t10?,11-,12?,13?,14?,15+. The van der Waals surface area contributed by atoms with Gasteiger partial charge in [-0.25, -0.2) is 0 Å². The highest BCUT2D eigenvalue weighted by Gasteiger charge is 2.48. The first kappa shape index (κ1) is 24.2. The molecule has 1 heterocycles. The molecule has 7 nitrogen and oxygen atoms in total. The molecule has 0 spiro atoms. The van der Waals surface area contributed by atoms with Crippen molar-refractivity contribution in [2.45, 2.75) is 94.0 Å². The number of ether oxygens (including phenoxy) is 2. The summed E-state index contributed by atoms with van der Waals surface area (Å²) in [5, 5.41) is 10.9. The summed E-state index contributed by atoms with van der Waals surface area (Å²) in [5.74, 6) is -1.16. The van der Waals surface area contributed by atoms with E-state index in [1.165, 1.54) is 0 Å². The van der Waals surface area contributed by atoms with Gasteiger partial charge < -0.3 is 14.5 Å². The van der Waals surface area contributed by atoms with Crippen molar-refractivity contribution < 1.29 is 45.0 Å². The summed E-state index contributed by atoms with van der Waals surface area (Å²) in [5.41, 5.74) is 0. The molecule has 0 radical (unpaired) electrons. The number of rotatable bonds is 7. The molecule has 0 saturated heterocycles. The van der Waals surface area contributed by atoms with Gasteiger partial charge in [-0.2, -0.15) is 13.2 Å². The van der Waals surface area contributed by atoms with Gasteiger partial charge in [0.25, 0.3) is 0 Å². The van der Waals surface area contributed by atoms with E-state index in [-0.39, 0.29) is 56.1 Å². The smallest absolute Gasteiger partial charge is 0.425 e. The van der Waals surface area contributed by atoms with Gasteiger partial charge in [-0.3, -0.25) is 9.53 Å². The summed E-state index contributed by atoms with van der Waals surface area (Å²) in [6.07, 6.45) is -7.42. The largest absolute Gasteiger partial charge is 0.522 e. The predicted octanol–water partition coefficient (Wildman–Crippen LogP) is 4.35. The van der Waals surface area contributed by atoms with Crippen LogP contribution in [0.4, 0.5) is 26.3 Å². The van der Waals surface area contributed by atoms with Crippen LogP contribution in [0.15, 0.2) is 4.42 Å². The molecule has 33 heavy (non-hydrogen) atoms. The molecule has 0 atom stereocenters. The zero-order valence-electron chi connectivity index (χ0n) is 17.6. The Balaban J connectivity index is 1.13. The maximum absolute atomic E-state index is 12.5. The van der Waals surface area contributed by atoms with E-state index in [2.05, 4.69) is 20.3 Å². The molecule has 13 heteroatoms. The lowest BCUT2D eigenvalue weighted by Crippen LogP contribution is -2.44. The Labute approximate surface area is 185 Å². The van der Waals surface area contributed by atoms with Crippen molar-refractivity contribution in [2.24, 2.45) is 5.92 Å². The van der Waals surface area contributed by atoms with Gasteiger partial charge in [-0.1, -0.05) is 0 Å². The van der Waals surface area contributed by atoms with Gasteiger partial charge in [-0.15, -0.1) is 23.4 Å². The third-order valence-electron chi connectivity index (χ3n) is 6.65. The van der Waals surface area contributed by atoms with Crippen molar-refractivity contribution in [3.8, 4) is 0 Å².